The van der Waals surface area contributed by atoms with Crippen LogP contribution in [-0.4, -0.2) is 36.1 Å². The van der Waals surface area contributed by atoms with Gasteiger partial charge in [-0.1, -0.05) is 18.2 Å². The molecule has 0 atom stereocenters. The van der Waals surface area contributed by atoms with E-state index < -0.39 is 5.82 Å². The molecule has 0 N–H and O–H groups in total. The largest absolute Gasteiger partial charge is 0.368 e. The zero-order valence-electron chi connectivity index (χ0n) is 13.7. The van der Waals surface area contributed by atoms with Gasteiger partial charge >= 0.3 is 0 Å². The minimum atomic E-state index is -0.447. The second-order valence-corrected chi connectivity index (χ2v) is 7.20. The van der Waals surface area contributed by atoms with E-state index in [0.29, 0.717) is 5.69 Å². The minimum Gasteiger partial charge on any atom is -0.368 e. The van der Waals surface area contributed by atoms with Gasteiger partial charge in [0.15, 0.2) is 0 Å². The summed E-state index contributed by atoms with van der Waals surface area (Å²) in [5.41, 5.74) is 1.89. The summed E-state index contributed by atoms with van der Waals surface area (Å²) in [7, 11) is 0. The molecular formula is C19H17FN4S. The first-order valence-electron chi connectivity index (χ1n) is 8.25. The van der Waals surface area contributed by atoms with Crippen molar-refractivity contribution in [2.24, 2.45) is 0 Å². The monoisotopic (exact) mass is 352 g/mol. The van der Waals surface area contributed by atoms with Gasteiger partial charge in [-0.15, -0.1) is 11.3 Å². The fraction of sp³-hybridized carbons (Fsp3) is 0.263. The molecule has 1 saturated heterocycles. The molecule has 2 aromatic carbocycles. The number of benzene rings is 2. The summed E-state index contributed by atoms with van der Waals surface area (Å²) in [6.07, 6.45) is 0. The van der Waals surface area contributed by atoms with Crippen molar-refractivity contribution in [2.45, 2.75) is 6.54 Å². The number of hydrogen-bond acceptors (Lipinski definition) is 5. The SMILES string of the molecule is N#Cc1c(F)cccc1N1CCN(Cc2nc3ccccc3s2)CC1. The Morgan fingerprint density at radius 2 is 1.88 bits per heavy atom. The summed E-state index contributed by atoms with van der Waals surface area (Å²) in [5.74, 6) is -0.447. The highest BCUT2D eigenvalue weighted by molar-refractivity contribution is 7.18. The van der Waals surface area contributed by atoms with Crippen LogP contribution < -0.4 is 4.90 Å². The first kappa shape index (κ1) is 16.0. The van der Waals surface area contributed by atoms with Gasteiger partial charge in [0.2, 0.25) is 0 Å². The highest BCUT2D eigenvalue weighted by atomic mass is 32.1. The lowest BCUT2D eigenvalue weighted by Crippen LogP contribution is -2.46. The number of anilines is 1. The van der Waals surface area contributed by atoms with Crippen molar-refractivity contribution < 1.29 is 4.39 Å². The molecule has 2 heterocycles. The van der Waals surface area contributed by atoms with Crippen LogP contribution in [0.25, 0.3) is 10.2 Å². The van der Waals surface area contributed by atoms with Crippen molar-refractivity contribution in [3.05, 3.63) is 58.9 Å². The maximum absolute atomic E-state index is 13.8. The van der Waals surface area contributed by atoms with Gasteiger partial charge in [-0.05, 0) is 24.3 Å². The highest BCUT2D eigenvalue weighted by Gasteiger charge is 2.21. The Hall–Kier alpha value is -2.49. The van der Waals surface area contributed by atoms with E-state index in [1.807, 2.05) is 30.3 Å². The summed E-state index contributed by atoms with van der Waals surface area (Å²) in [6.45, 7) is 4.14. The minimum absolute atomic E-state index is 0.141. The third-order valence-electron chi connectivity index (χ3n) is 4.51. The Labute approximate surface area is 149 Å². The van der Waals surface area contributed by atoms with Crippen LogP contribution >= 0.6 is 11.3 Å². The molecule has 1 fully saturated rings. The summed E-state index contributed by atoms with van der Waals surface area (Å²) in [5, 5.41) is 10.3. The second kappa shape index (κ2) is 6.79. The van der Waals surface area contributed by atoms with Gasteiger partial charge in [0, 0.05) is 26.2 Å². The van der Waals surface area contributed by atoms with Crippen molar-refractivity contribution in [3.8, 4) is 6.07 Å². The standard InChI is InChI=1S/C19H17FN4S/c20-15-4-3-6-17(14(15)12-21)24-10-8-23(9-11-24)13-19-22-16-5-1-2-7-18(16)25-19/h1-7H,8-11,13H2. The zero-order chi connectivity index (χ0) is 17.2. The van der Waals surface area contributed by atoms with E-state index in [1.165, 1.54) is 10.8 Å². The molecule has 0 unspecified atom stereocenters. The number of fused-ring (bicyclic) bond motifs is 1. The van der Waals surface area contributed by atoms with Gasteiger partial charge in [-0.2, -0.15) is 5.26 Å². The summed E-state index contributed by atoms with van der Waals surface area (Å²) in [4.78, 5) is 9.15. The molecule has 1 aliphatic heterocycles. The lowest BCUT2D eigenvalue weighted by Gasteiger charge is -2.36. The number of thiazole rings is 1. The lowest BCUT2D eigenvalue weighted by atomic mass is 10.1. The van der Waals surface area contributed by atoms with E-state index >= 15 is 0 Å². The molecule has 0 bridgehead atoms. The Morgan fingerprint density at radius 3 is 2.64 bits per heavy atom. The Balaban J connectivity index is 1.43. The lowest BCUT2D eigenvalue weighted by molar-refractivity contribution is 0.249. The first-order valence-corrected chi connectivity index (χ1v) is 9.06. The van der Waals surface area contributed by atoms with E-state index in [0.717, 1.165) is 43.2 Å². The summed E-state index contributed by atoms with van der Waals surface area (Å²) >= 11 is 1.74. The topological polar surface area (TPSA) is 43.2 Å². The summed E-state index contributed by atoms with van der Waals surface area (Å²) < 4.78 is 15.0. The third kappa shape index (κ3) is 3.21. The van der Waals surface area contributed by atoms with Crippen LogP contribution in [0.15, 0.2) is 42.5 Å². The number of rotatable bonds is 3. The van der Waals surface area contributed by atoms with E-state index in [2.05, 4.69) is 15.9 Å². The molecule has 0 radical (unpaired) electrons. The average Bonchev–Trinajstić information content (AvgIpc) is 3.04. The molecule has 0 spiro atoms. The van der Waals surface area contributed by atoms with Gasteiger partial charge in [-0.25, -0.2) is 9.37 Å². The fourth-order valence-electron chi connectivity index (χ4n) is 3.21. The molecule has 1 aromatic heterocycles. The van der Waals surface area contributed by atoms with Crippen molar-refractivity contribution in [2.75, 3.05) is 31.1 Å². The van der Waals surface area contributed by atoms with Crippen LogP contribution in [0.3, 0.4) is 0 Å². The Morgan fingerprint density at radius 1 is 1.08 bits per heavy atom. The Bertz CT molecular complexity index is 905. The maximum Gasteiger partial charge on any atom is 0.143 e. The normalized spacial score (nSPS) is 15.4. The highest BCUT2D eigenvalue weighted by Crippen LogP contribution is 2.26. The molecule has 4 nitrogen and oxygen atoms in total. The van der Waals surface area contributed by atoms with Crippen LogP contribution in [0, 0.1) is 17.1 Å². The summed E-state index contributed by atoms with van der Waals surface area (Å²) in [6, 6.07) is 15.0. The van der Waals surface area contributed by atoms with Gasteiger partial charge in [0.25, 0.3) is 0 Å². The van der Waals surface area contributed by atoms with Crippen LogP contribution in [0.5, 0.6) is 0 Å². The number of para-hydroxylation sites is 1. The number of nitriles is 1. The van der Waals surface area contributed by atoms with E-state index in [9.17, 15) is 9.65 Å². The number of hydrogen-bond donors (Lipinski definition) is 0. The van der Waals surface area contributed by atoms with E-state index in [1.54, 1.807) is 17.4 Å². The smallest absolute Gasteiger partial charge is 0.143 e. The van der Waals surface area contributed by atoms with Gasteiger partial charge in [-0.3, -0.25) is 4.90 Å². The van der Waals surface area contributed by atoms with E-state index in [4.69, 9.17) is 4.98 Å². The van der Waals surface area contributed by atoms with Gasteiger partial charge in [0.1, 0.15) is 22.5 Å². The molecule has 4 rings (SSSR count). The average molecular weight is 352 g/mol. The van der Waals surface area contributed by atoms with Crippen molar-refractivity contribution >= 4 is 27.2 Å². The molecule has 6 heteroatoms. The maximum atomic E-state index is 13.8. The first-order chi connectivity index (χ1) is 12.2. The van der Waals surface area contributed by atoms with Crippen LogP contribution in [-0.2, 0) is 6.54 Å². The number of nitrogens with zero attached hydrogens (tertiary/aromatic N) is 4. The molecule has 3 aromatic rings. The number of halogens is 1. The predicted octanol–water partition coefficient (Wildman–Crippen LogP) is 3.63. The van der Waals surface area contributed by atoms with Gasteiger partial charge in [0.05, 0.1) is 22.4 Å². The molecule has 1 aliphatic rings. The third-order valence-corrected chi connectivity index (χ3v) is 5.53. The van der Waals surface area contributed by atoms with Crippen molar-refractivity contribution in [3.63, 3.8) is 0 Å². The quantitative estimate of drug-likeness (QED) is 0.722. The molecule has 25 heavy (non-hydrogen) atoms. The van der Waals surface area contributed by atoms with E-state index in [-0.39, 0.29) is 5.56 Å². The Kier molecular flexibility index (Phi) is 4.35. The zero-order valence-corrected chi connectivity index (χ0v) is 14.5. The molecular weight excluding hydrogens is 335 g/mol. The predicted molar refractivity (Wildman–Crippen MR) is 98.2 cm³/mol. The second-order valence-electron chi connectivity index (χ2n) is 6.08. The molecule has 126 valence electrons. The fourth-order valence-corrected chi connectivity index (χ4v) is 4.22. The van der Waals surface area contributed by atoms with Crippen LogP contribution in [0.2, 0.25) is 0 Å². The number of aromatic nitrogens is 1. The molecule has 0 aliphatic carbocycles. The molecule has 0 saturated carbocycles. The molecule has 0 amide bonds. The number of piperazine rings is 1. The van der Waals surface area contributed by atoms with Crippen LogP contribution in [0.4, 0.5) is 10.1 Å². The van der Waals surface area contributed by atoms with Crippen molar-refractivity contribution in [1.82, 2.24) is 9.88 Å². The van der Waals surface area contributed by atoms with Crippen molar-refractivity contribution in [1.29, 1.82) is 5.26 Å². The van der Waals surface area contributed by atoms with Crippen LogP contribution in [0.1, 0.15) is 10.6 Å². The van der Waals surface area contributed by atoms with Gasteiger partial charge < -0.3 is 4.90 Å².